The van der Waals surface area contributed by atoms with E-state index in [1.807, 2.05) is 13.8 Å². The molecule has 1 amide bonds. The van der Waals surface area contributed by atoms with Gasteiger partial charge >= 0.3 is 0 Å². The smallest absolute Gasteiger partial charge is 0.237 e. The van der Waals surface area contributed by atoms with Gasteiger partial charge in [0, 0.05) is 12.1 Å². The molecule has 0 radical (unpaired) electrons. The van der Waals surface area contributed by atoms with Crippen LogP contribution in [0.15, 0.2) is 4.52 Å². The van der Waals surface area contributed by atoms with Crippen LogP contribution >= 0.6 is 12.4 Å². The minimum Gasteiger partial charge on any atom is -0.361 e. The fourth-order valence-electron chi connectivity index (χ4n) is 2.37. The van der Waals surface area contributed by atoms with Gasteiger partial charge in [-0.3, -0.25) is 4.79 Å². The zero-order valence-corrected chi connectivity index (χ0v) is 12.3. The highest BCUT2D eigenvalue weighted by molar-refractivity contribution is 5.85. The van der Waals surface area contributed by atoms with Crippen LogP contribution in [0.2, 0.25) is 0 Å². The lowest BCUT2D eigenvalue weighted by atomic mass is 10.0. The van der Waals surface area contributed by atoms with Crippen molar-refractivity contribution in [1.29, 1.82) is 0 Å². The number of rotatable bonds is 4. The van der Waals surface area contributed by atoms with E-state index < -0.39 is 0 Å². The van der Waals surface area contributed by atoms with Crippen molar-refractivity contribution in [2.24, 2.45) is 0 Å². The summed E-state index contributed by atoms with van der Waals surface area (Å²) in [5, 5.41) is 10.1. The Kier molecular flexibility index (Phi) is 6.31. The molecule has 0 aromatic carbocycles. The van der Waals surface area contributed by atoms with Crippen molar-refractivity contribution in [3.05, 3.63) is 17.0 Å². The Morgan fingerprint density at radius 1 is 1.47 bits per heavy atom. The topological polar surface area (TPSA) is 67.2 Å². The largest absolute Gasteiger partial charge is 0.361 e. The number of aromatic nitrogens is 1. The first-order chi connectivity index (χ1) is 8.68. The number of carbonyl (C=O) groups excluding carboxylic acids is 1. The second-order valence-electron chi connectivity index (χ2n) is 4.85. The minimum absolute atomic E-state index is 0. The Balaban J connectivity index is 0.00000180. The molecule has 0 saturated carbocycles. The lowest BCUT2D eigenvalue weighted by Crippen LogP contribution is -2.47. The average molecular weight is 288 g/mol. The molecule has 0 spiro atoms. The molecule has 2 N–H and O–H groups in total. The molecule has 1 aromatic rings. The van der Waals surface area contributed by atoms with E-state index in [1.54, 1.807) is 0 Å². The molecule has 1 saturated heterocycles. The Labute approximate surface area is 119 Å². The van der Waals surface area contributed by atoms with Gasteiger partial charge in [-0.05, 0) is 39.7 Å². The van der Waals surface area contributed by atoms with Gasteiger partial charge in [0.15, 0.2) is 0 Å². The van der Waals surface area contributed by atoms with Gasteiger partial charge in [0.05, 0.1) is 11.7 Å². The molecule has 1 aliphatic heterocycles. The highest BCUT2D eigenvalue weighted by Crippen LogP contribution is 2.12. The van der Waals surface area contributed by atoms with Gasteiger partial charge in [-0.2, -0.15) is 0 Å². The van der Waals surface area contributed by atoms with E-state index in [1.165, 1.54) is 6.42 Å². The maximum Gasteiger partial charge on any atom is 0.237 e. The molecule has 2 rings (SSSR count). The van der Waals surface area contributed by atoms with Crippen LogP contribution in [-0.2, 0) is 11.2 Å². The number of piperidine rings is 1. The van der Waals surface area contributed by atoms with Crippen LogP contribution in [-0.4, -0.2) is 30.2 Å². The SMILES string of the molecule is Cc1noc(C)c1CCNC(=O)C1CCCCN1.Cl. The summed E-state index contributed by atoms with van der Waals surface area (Å²) in [7, 11) is 0. The molecule has 108 valence electrons. The summed E-state index contributed by atoms with van der Waals surface area (Å²) in [5.74, 6) is 0.957. The quantitative estimate of drug-likeness (QED) is 0.881. The molecule has 1 atom stereocenters. The number of aryl methyl sites for hydroxylation is 2. The van der Waals surface area contributed by atoms with Gasteiger partial charge < -0.3 is 15.2 Å². The summed E-state index contributed by atoms with van der Waals surface area (Å²) in [5.41, 5.74) is 2.02. The summed E-state index contributed by atoms with van der Waals surface area (Å²) >= 11 is 0. The number of hydrogen-bond acceptors (Lipinski definition) is 4. The van der Waals surface area contributed by atoms with Crippen molar-refractivity contribution in [1.82, 2.24) is 15.8 Å². The summed E-state index contributed by atoms with van der Waals surface area (Å²) < 4.78 is 5.09. The molecule has 5 nitrogen and oxygen atoms in total. The lowest BCUT2D eigenvalue weighted by molar-refractivity contribution is -0.123. The number of nitrogens with one attached hydrogen (secondary N) is 2. The monoisotopic (exact) mass is 287 g/mol. The van der Waals surface area contributed by atoms with Gasteiger partial charge in [-0.15, -0.1) is 12.4 Å². The predicted molar refractivity (Wildman–Crippen MR) is 75.6 cm³/mol. The van der Waals surface area contributed by atoms with E-state index in [2.05, 4.69) is 15.8 Å². The van der Waals surface area contributed by atoms with Crippen molar-refractivity contribution in [3.8, 4) is 0 Å². The number of halogens is 1. The van der Waals surface area contributed by atoms with Crippen molar-refractivity contribution in [2.45, 2.75) is 45.6 Å². The molecule has 1 fully saturated rings. The molecular weight excluding hydrogens is 266 g/mol. The highest BCUT2D eigenvalue weighted by Gasteiger charge is 2.20. The fourth-order valence-corrected chi connectivity index (χ4v) is 2.37. The highest BCUT2D eigenvalue weighted by atomic mass is 35.5. The molecule has 19 heavy (non-hydrogen) atoms. The van der Waals surface area contributed by atoms with E-state index >= 15 is 0 Å². The first-order valence-corrected chi connectivity index (χ1v) is 6.61. The van der Waals surface area contributed by atoms with Gasteiger partial charge in [0.2, 0.25) is 5.91 Å². The molecule has 2 heterocycles. The van der Waals surface area contributed by atoms with Crippen LogP contribution in [0.5, 0.6) is 0 Å². The Hall–Kier alpha value is -1.07. The third-order valence-corrected chi connectivity index (χ3v) is 3.48. The second kappa shape index (κ2) is 7.50. The minimum atomic E-state index is -0.0107. The first kappa shape index (κ1) is 16.0. The zero-order valence-electron chi connectivity index (χ0n) is 11.5. The number of carbonyl (C=O) groups is 1. The van der Waals surface area contributed by atoms with Crippen molar-refractivity contribution in [2.75, 3.05) is 13.1 Å². The van der Waals surface area contributed by atoms with Crippen molar-refractivity contribution >= 4 is 18.3 Å². The van der Waals surface area contributed by atoms with Crippen LogP contribution in [0.4, 0.5) is 0 Å². The Morgan fingerprint density at radius 3 is 2.84 bits per heavy atom. The molecular formula is C13H22ClN3O2. The fraction of sp³-hybridized carbons (Fsp3) is 0.692. The molecule has 1 aromatic heterocycles. The summed E-state index contributed by atoms with van der Waals surface area (Å²) in [6.07, 6.45) is 4.02. The number of amides is 1. The lowest BCUT2D eigenvalue weighted by Gasteiger charge is -2.22. The molecule has 6 heteroatoms. The van der Waals surface area contributed by atoms with Crippen LogP contribution in [0.1, 0.15) is 36.3 Å². The van der Waals surface area contributed by atoms with E-state index in [0.717, 1.165) is 42.8 Å². The summed E-state index contributed by atoms with van der Waals surface area (Å²) in [6, 6.07) is -0.0107. The normalized spacial score (nSPS) is 18.7. The zero-order chi connectivity index (χ0) is 13.0. The van der Waals surface area contributed by atoms with E-state index in [4.69, 9.17) is 4.52 Å². The second-order valence-corrected chi connectivity index (χ2v) is 4.85. The Morgan fingerprint density at radius 2 is 2.26 bits per heavy atom. The molecule has 1 aliphatic rings. The summed E-state index contributed by atoms with van der Waals surface area (Å²) in [6.45, 7) is 5.41. The Bertz CT molecular complexity index is 395. The first-order valence-electron chi connectivity index (χ1n) is 6.61. The van der Waals surface area contributed by atoms with Gasteiger partial charge in [0.1, 0.15) is 5.76 Å². The standard InChI is InChI=1S/C13H21N3O2.ClH/c1-9-11(10(2)18-16-9)6-8-15-13(17)12-5-3-4-7-14-12;/h12,14H,3-8H2,1-2H3,(H,15,17);1H. The third-order valence-electron chi connectivity index (χ3n) is 3.48. The van der Waals surface area contributed by atoms with Crippen LogP contribution in [0.3, 0.4) is 0 Å². The van der Waals surface area contributed by atoms with Gasteiger partial charge in [-0.1, -0.05) is 11.6 Å². The van der Waals surface area contributed by atoms with Crippen molar-refractivity contribution in [3.63, 3.8) is 0 Å². The van der Waals surface area contributed by atoms with Crippen molar-refractivity contribution < 1.29 is 9.32 Å². The number of hydrogen-bond donors (Lipinski definition) is 2. The van der Waals surface area contributed by atoms with E-state index in [-0.39, 0.29) is 24.4 Å². The predicted octanol–water partition coefficient (Wildman–Crippen LogP) is 1.51. The maximum atomic E-state index is 11.9. The van der Waals surface area contributed by atoms with E-state index in [0.29, 0.717) is 6.54 Å². The molecule has 1 unspecified atom stereocenters. The van der Waals surface area contributed by atoms with Gasteiger partial charge in [0.25, 0.3) is 0 Å². The average Bonchev–Trinajstić information content (AvgIpc) is 2.71. The number of nitrogens with zero attached hydrogens (tertiary/aromatic N) is 1. The van der Waals surface area contributed by atoms with Gasteiger partial charge in [-0.25, -0.2) is 0 Å². The molecule has 0 bridgehead atoms. The van der Waals surface area contributed by atoms with Crippen LogP contribution in [0.25, 0.3) is 0 Å². The van der Waals surface area contributed by atoms with E-state index in [9.17, 15) is 4.79 Å². The summed E-state index contributed by atoms with van der Waals surface area (Å²) in [4.78, 5) is 11.9. The maximum absolute atomic E-state index is 11.9. The molecule has 0 aliphatic carbocycles. The van der Waals surface area contributed by atoms with Crippen LogP contribution in [0, 0.1) is 13.8 Å². The van der Waals surface area contributed by atoms with Crippen LogP contribution < -0.4 is 10.6 Å². The third kappa shape index (κ3) is 4.21.